The van der Waals surface area contributed by atoms with Gasteiger partial charge in [0.15, 0.2) is 0 Å². The number of anilines is 1. The standard InChI is InChI=1S/C15H10F4INO2/c1-23-13-5-3-9(16)7-10(13)14(22)21-12-6-8(15(17,18)19)2-4-11(12)20/h2-7H,1H3,(H,21,22). The lowest BCUT2D eigenvalue weighted by atomic mass is 10.1. The number of nitrogens with one attached hydrogen (secondary N) is 1. The summed E-state index contributed by atoms with van der Waals surface area (Å²) in [7, 11) is 1.30. The van der Waals surface area contributed by atoms with Crippen molar-refractivity contribution in [2.24, 2.45) is 0 Å². The van der Waals surface area contributed by atoms with Crippen molar-refractivity contribution in [1.82, 2.24) is 0 Å². The predicted molar refractivity (Wildman–Crippen MR) is 85.1 cm³/mol. The first-order chi connectivity index (χ1) is 10.7. The molecule has 2 rings (SSSR count). The largest absolute Gasteiger partial charge is 0.496 e. The number of carbonyl (C=O) groups is 1. The molecule has 2 aromatic rings. The number of rotatable bonds is 3. The maximum absolute atomic E-state index is 13.3. The van der Waals surface area contributed by atoms with Crippen LogP contribution < -0.4 is 10.1 Å². The van der Waals surface area contributed by atoms with Gasteiger partial charge in [0.1, 0.15) is 11.6 Å². The van der Waals surface area contributed by atoms with E-state index in [1.165, 1.54) is 19.2 Å². The second-order valence-corrected chi connectivity index (χ2v) is 5.65. The summed E-state index contributed by atoms with van der Waals surface area (Å²) >= 11 is 1.80. The number of hydrogen-bond donors (Lipinski definition) is 1. The molecule has 0 unspecified atom stereocenters. The van der Waals surface area contributed by atoms with Crippen molar-refractivity contribution < 1.29 is 27.1 Å². The molecule has 0 saturated heterocycles. The van der Waals surface area contributed by atoms with Crippen LogP contribution >= 0.6 is 22.6 Å². The average molecular weight is 439 g/mol. The Morgan fingerprint density at radius 3 is 2.48 bits per heavy atom. The molecule has 23 heavy (non-hydrogen) atoms. The SMILES string of the molecule is COc1ccc(F)cc1C(=O)Nc1cc(C(F)(F)F)ccc1I. The Hall–Kier alpha value is -1.84. The number of methoxy groups -OCH3 is 1. The molecular weight excluding hydrogens is 429 g/mol. The zero-order valence-corrected chi connectivity index (χ0v) is 13.8. The van der Waals surface area contributed by atoms with Crippen molar-refractivity contribution in [3.63, 3.8) is 0 Å². The molecule has 1 N–H and O–H groups in total. The Balaban J connectivity index is 2.36. The van der Waals surface area contributed by atoms with Crippen LogP contribution in [-0.2, 0) is 6.18 Å². The monoisotopic (exact) mass is 439 g/mol. The molecule has 3 nitrogen and oxygen atoms in total. The summed E-state index contributed by atoms with van der Waals surface area (Å²) in [6.45, 7) is 0. The molecule has 0 fully saturated rings. The molecule has 0 radical (unpaired) electrons. The molecule has 0 aliphatic carbocycles. The van der Waals surface area contributed by atoms with Gasteiger partial charge >= 0.3 is 6.18 Å². The molecule has 0 heterocycles. The van der Waals surface area contributed by atoms with Crippen LogP contribution in [0.15, 0.2) is 36.4 Å². The first kappa shape index (κ1) is 17.5. The van der Waals surface area contributed by atoms with Crippen LogP contribution in [0.1, 0.15) is 15.9 Å². The maximum atomic E-state index is 13.3. The molecule has 2 aromatic carbocycles. The van der Waals surface area contributed by atoms with Crippen molar-refractivity contribution in [2.45, 2.75) is 6.18 Å². The third kappa shape index (κ3) is 4.12. The Bertz CT molecular complexity index is 747. The second-order valence-electron chi connectivity index (χ2n) is 4.49. The van der Waals surface area contributed by atoms with E-state index >= 15 is 0 Å². The molecule has 0 aliphatic heterocycles. The number of ether oxygens (including phenoxy) is 1. The zero-order chi connectivity index (χ0) is 17.2. The fourth-order valence-corrected chi connectivity index (χ4v) is 2.32. The molecule has 8 heteroatoms. The third-order valence-corrected chi connectivity index (χ3v) is 3.89. The molecule has 0 spiro atoms. The minimum Gasteiger partial charge on any atom is -0.496 e. The molecule has 0 aromatic heterocycles. The van der Waals surface area contributed by atoms with E-state index in [-0.39, 0.29) is 17.0 Å². The zero-order valence-electron chi connectivity index (χ0n) is 11.7. The van der Waals surface area contributed by atoms with E-state index in [1.807, 2.05) is 0 Å². The van der Waals surface area contributed by atoms with Crippen molar-refractivity contribution >= 4 is 34.2 Å². The number of amides is 1. The van der Waals surface area contributed by atoms with E-state index in [9.17, 15) is 22.4 Å². The lowest BCUT2D eigenvalue weighted by Crippen LogP contribution is -2.15. The summed E-state index contributed by atoms with van der Waals surface area (Å²) in [5, 5.41) is 2.35. The smallest absolute Gasteiger partial charge is 0.416 e. The van der Waals surface area contributed by atoms with E-state index in [2.05, 4.69) is 5.32 Å². The van der Waals surface area contributed by atoms with E-state index in [1.54, 1.807) is 22.6 Å². The van der Waals surface area contributed by atoms with Crippen LogP contribution in [0.25, 0.3) is 0 Å². The average Bonchev–Trinajstić information content (AvgIpc) is 2.48. The Morgan fingerprint density at radius 1 is 1.17 bits per heavy atom. The minimum atomic E-state index is -4.53. The van der Waals surface area contributed by atoms with Crippen molar-refractivity contribution in [3.8, 4) is 5.75 Å². The summed E-state index contributed by atoms with van der Waals surface area (Å²) in [4.78, 5) is 12.2. The molecule has 1 amide bonds. The van der Waals surface area contributed by atoms with Gasteiger partial charge in [-0.3, -0.25) is 4.79 Å². The van der Waals surface area contributed by atoms with Gasteiger partial charge < -0.3 is 10.1 Å². The van der Waals surface area contributed by atoms with E-state index in [0.717, 1.165) is 24.3 Å². The lowest BCUT2D eigenvalue weighted by Gasteiger charge is -2.13. The quantitative estimate of drug-likeness (QED) is 0.556. The van der Waals surface area contributed by atoms with Gasteiger partial charge in [-0.2, -0.15) is 13.2 Å². The first-order valence-electron chi connectivity index (χ1n) is 6.24. The van der Waals surface area contributed by atoms with Crippen LogP contribution in [0, 0.1) is 9.39 Å². The van der Waals surface area contributed by atoms with Crippen molar-refractivity contribution in [2.75, 3.05) is 12.4 Å². The highest BCUT2D eigenvalue weighted by Gasteiger charge is 2.31. The summed E-state index contributed by atoms with van der Waals surface area (Å²) in [6, 6.07) is 6.31. The number of alkyl halides is 3. The second kappa shape index (κ2) is 6.73. The van der Waals surface area contributed by atoms with Gasteiger partial charge in [0.25, 0.3) is 5.91 Å². The molecule has 0 aliphatic rings. The topological polar surface area (TPSA) is 38.3 Å². The Kier molecular flexibility index (Phi) is 5.12. The number of benzene rings is 2. The predicted octanol–water partition coefficient (Wildman–Crippen LogP) is 4.71. The molecule has 0 atom stereocenters. The summed E-state index contributed by atoms with van der Waals surface area (Å²) in [5.41, 5.74) is -1.02. The van der Waals surface area contributed by atoms with Gasteiger partial charge in [-0.25, -0.2) is 4.39 Å². The fraction of sp³-hybridized carbons (Fsp3) is 0.133. The van der Waals surface area contributed by atoms with Gasteiger partial charge in [-0.05, 0) is 59.0 Å². The summed E-state index contributed by atoms with van der Waals surface area (Å²) < 4.78 is 56.9. The van der Waals surface area contributed by atoms with E-state index in [4.69, 9.17) is 4.74 Å². The third-order valence-electron chi connectivity index (χ3n) is 2.95. The normalized spacial score (nSPS) is 11.2. The molecule has 0 saturated carbocycles. The first-order valence-corrected chi connectivity index (χ1v) is 7.32. The van der Waals surface area contributed by atoms with Gasteiger partial charge in [-0.15, -0.1) is 0 Å². The highest BCUT2D eigenvalue weighted by molar-refractivity contribution is 14.1. The highest BCUT2D eigenvalue weighted by Crippen LogP contribution is 2.33. The van der Waals surface area contributed by atoms with Crippen LogP contribution in [-0.4, -0.2) is 13.0 Å². The van der Waals surface area contributed by atoms with Gasteiger partial charge in [0, 0.05) is 3.57 Å². The number of halogens is 5. The van der Waals surface area contributed by atoms with Crippen LogP contribution in [0.4, 0.5) is 23.2 Å². The van der Waals surface area contributed by atoms with E-state index in [0.29, 0.717) is 3.57 Å². The van der Waals surface area contributed by atoms with Crippen LogP contribution in [0.2, 0.25) is 0 Å². The minimum absolute atomic E-state index is 0.0169. The molecule has 122 valence electrons. The van der Waals surface area contributed by atoms with Gasteiger partial charge in [0.2, 0.25) is 0 Å². The highest BCUT2D eigenvalue weighted by atomic mass is 127. The molecular formula is C15H10F4INO2. The number of hydrogen-bond acceptors (Lipinski definition) is 2. The summed E-state index contributed by atoms with van der Waals surface area (Å²) in [5.74, 6) is -1.31. The van der Waals surface area contributed by atoms with Gasteiger partial charge in [0.05, 0.1) is 23.9 Å². The van der Waals surface area contributed by atoms with Crippen LogP contribution in [0.3, 0.4) is 0 Å². The van der Waals surface area contributed by atoms with Crippen molar-refractivity contribution in [3.05, 3.63) is 56.9 Å². The maximum Gasteiger partial charge on any atom is 0.416 e. The lowest BCUT2D eigenvalue weighted by molar-refractivity contribution is -0.137. The van der Waals surface area contributed by atoms with Gasteiger partial charge in [-0.1, -0.05) is 0 Å². The summed E-state index contributed by atoms with van der Waals surface area (Å²) in [6.07, 6.45) is -4.53. The van der Waals surface area contributed by atoms with Crippen LogP contribution in [0.5, 0.6) is 5.75 Å². The Labute approximate surface area is 142 Å². The molecule has 0 bridgehead atoms. The Morgan fingerprint density at radius 2 is 1.87 bits per heavy atom. The number of carbonyl (C=O) groups excluding carboxylic acids is 1. The fourth-order valence-electron chi connectivity index (χ4n) is 1.84. The van der Waals surface area contributed by atoms with Crippen molar-refractivity contribution in [1.29, 1.82) is 0 Å². The van der Waals surface area contributed by atoms with E-state index < -0.39 is 23.5 Å².